The molecule has 0 fully saturated rings. The lowest BCUT2D eigenvalue weighted by molar-refractivity contribution is 0.0941. The summed E-state index contributed by atoms with van der Waals surface area (Å²) in [6.45, 7) is 9.47. The lowest BCUT2D eigenvalue weighted by atomic mass is 9.82. The van der Waals surface area contributed by atoms with Gasteiger partial charge in [-0.3, -0.25) is 4.79 Å². The van der Waals surface area contributed by atoms with E-state index in [0.29, 0.717) is 5.92 Å². The van der Waals surface area contributed by atoms with Gasteiger partial charge >= 0.3 is 0 Å². The van der Waals surface area contributed by atoms with Crippen LogP contribution in [0.1, 0.15) is 37.4 Å². The van der Waals surface area contributed by atoms with Crippen LogP contribution in [0.3, 0.4) is 0 Å². The van der Waals surface area contributed by atoms with Crippen molar-refractivity contribution in [2.75, 3.05) is 6.54 Å². The first-order valence-corrected chi connectivity index (χ1v) is 6.11. The highest BCUT2D eigenvalue weighted by atomic mass is 32.1. The minimum Gasteiger partial charge on any atom is -0.351 e. The Morgan fingerprint density at radius 2 is 2.20 bits per heavy atom. The molecule has 1 unspecified atom stereocenters. The molecular weight excluding hydrogens is 206 g/mol. The predicted octanol–water partition coefficient (Wildman–Crippen LogP) is 3.16. The van der Waals surface area contributed by atoms with E-state index in [-0.39, 0.29) is 11.3 Å². The number of carbonyl (C=O) groups is 1. The van der Waals surface area contributed by atoms with Crippen LogP contribution in [-0.4, -0.2) is 12.5 Å². The van der Waals surface area contributed by atoms with Crippen LogP contribution in [0.5, 0.6) is 0 Å². The maximum atomic E-state index is 11.6. The van der Waals surface area contributed by atoms with Gasteiger partial charge in [0.2, 0.25) is 0 Å². The molecule has 1 amide bonds. The first-order chi connectivity index (χ1) is 6.91. The highest BCUT2D eigenvalue weighted by molar-refractivity contribution is 7.12. The molecule has 2 nitrogen and oxygen atoms in total. The number of hydrogen-bond acceptors (Lipinski definition) is 2. The van der Waals surface area contributed by atoms with Crippen LogP contribution in [0.25, 0.3) is 0 Å². The summed E-state index contributed by atoms with van der Waals surface area (Å²) in [7, 11) is 0. The maximum Gasteiger partial charge on any atom is 0.261 e. The zero-order valence-corrected chi connectivity index (χ0v) is 10.6. The second-order valence-corrected chi connectivity index (χ2v) is 5.90. The average Bonchev–Trinajstić information content (AvgIpc) is 2.64. The second kappa shape index (κ2) is 4.79. The van der Waals surface area contributed by atoms with Crippen molar-refractivity contribution in [1.29, 1.82) is 0 Å². The Labute approximate surface area is 95.7 Å². The molecule has 1 aromatic heterocycles. The number of thiophene rings is 1. The number of nitrogens with one attached hydrogen (secondary N) is 1. The molecule has 1 aromatic rings. The van der Waals surface area contributed by atoms with Crippen molar-refractivity contribution in [3.05, 3.63) is 22.4 Å². The lowest BCUT2D eigenvalue weighted by Gasteiger charge is -2.27. The van der Waals surface area contributed by atoms with Crippen molar-refractivity contribution >= 4 is 17.2 Å². The molecule has 0 aromatic carbocycles. The Balaban J connectivity index is 2.42. The van der Waals surface area contributed by atoms with E-state index in [4.69, 9.17) is 0 Å². The smallest absolute Gasteiger partial charge is 0.261 e. The molecule has 1 rings (SSSR count). The molecule has 0 aliphatic carbocycles. The monoisotopic (exact) mass is 225 g/mol. The molecule has 0 spiro atoms. The summed E-state index contributed by atoms with van der Waals surface area (Å²) in [6, 6.07) is 3.74. The minimum atomic E-state index is 0.0427. The van der Waals surface area contributed by atoms with Crippen molar-refractivity contribution in [2.24, 2.45) is 11.3 Å². The van der Waals surface area contributed by atoms with Gasteiger partial charge < -0.3 is 5.32 Å². The summed E-state index contributed by atoms with van der Waals surface area (Å²) < 4.78 is 0. The molecule has 0 saturated heterocycles. The number of hydrogen-bond donors (Lipinski definition) is 1. The van der Waals surface area contributed by atoms with E-state index >= 15 is 0 Å². The molecule has 1 N–H and O–H groups in total. The minimum absolute atomic E-state index is 0.0427. The van der Waals surface area contributed by atoms with Gasteiger partial charge in [-0.2, -0.15) is 0 Å². The van der Waals surface area contributed by atoms with Crippen LogP contribution in [0.15, 0.2) is 17.5 Å². The molecular formula is C12H19NOS. The fourth-order valence-electron chi connectivity index (χ4n) is 1.05. The quantitative estimate of drug-likeness (QED) is 0.841. The normalized spacial score (nSPS) is 13.6. The van der Waals surface area contributed by atoms with Crippen molar-refractivity contribution in [3.8, 4) is 0 Å². The van der Waals surface area contributed by atoms with Gasteiger partial charge in [0, 0.05) is 6.54 Å². The molecule has 1 heterocycles. The number of amides is 1. The Kier molecular flexibility index (Phi) is 3.91. The summed E-state index contributed by atoms with van der Waals surface area (Å²) in [5.74, 6) is 0.516. The highest BCUT2D eigenvalue weighted by Gasteiger charge is 2.20. The van der Waals surface area contributed by atoms with Crippen LogP contribution >= 0.6 is 11.3 Å². The van der Waals surface area contributed by atoms with Crippen molar-refractivity contribution in [2.45, 2.75) is 27.7 Å². The summed E-state index contributed by atoms with van der Waals surface area (Å²) in [6.07, 6.45) is 0. The first-order valence-electron chi connectivity index (χ1n) is 5.23. The third kappa shape index (κ3) is 3.67. The van der Waals surface area contributed by atoms with E-state index in [0.717, 1.165) is 11.4 Å². The van der Waals surface area contributed by atoms with Gasteiger partial charge in [-0.15, -0.1) is 11.3 Å². The molecule has 0 aliphatic rings. The predicted molar refractivity (Wildman–Crippen MR) is 65.3 cm³/mol. The summed E-state index contributed by atoms with van der Waals surface area (Å²) in [5, 5.41) is 4.88. The second-order valence-electron chi connectivity index (χ2n) is 4.95. The molecule has 0 saturated carbocycles. The maximum absolute atomic E-state index is 11.6. The highest BCUT2D eigenvalue weighted by Crippen LogP contribution is 2.24. The van der Waals surface area contributed by atoms with Gasteiger partial charge in [-0.05, 0) is 22.8 Å². The molecule has 3 heteroatoms. The molecule has 84 valence electrons. The van der Waals surface area contributed by atoms with Crippen LogP contribution in [0.4, 0.5) is 0 Å². The average molecular weight is 225 g/mol. The van der Waals surface area contributed by atoms with Crippen molar-refractivity contribution < 1.29 is 4.79 Å². The summed E-state index contributed by atoms with van der Waals surface area (Å²) in [4.78, 5) is 12.4. The lowest BCUT2D eigenvalue weighted by Crippen LogP contribution is -2.33. The largest absolute Gasteiger partial charge is 0.351 e. The fraction of sp³-hybridized carbons (Fsp3) is 0.583. The molecule has 15 heavy (non-hydrogen) atoms. The van der Waals surface area contributed by atoms with E-state index in [1.54, 1.807) is 0 Å². The summed E-state index contributed by atoms with van der Waals surface area (Å²) >= 11 is 1.48. The van der Waals surface area contributed by atoms with Gasteiger partial charge in [-0.1, -0.05) is 33.8 Å². The van der Waals surface area contributed by atoms with Crippen LogP contribution in [0, 0.1) is 11.3 Å². The van der Waals surface area contributed by atoms with Gasteiger partial charge in [0.05, 0.1) is 4.88 Å². The third-order valence-corrected chi connectivity index (χ3v) is 3.66. The van der Waals surface area contributed by atoms with Gasteiger partial charge in [-0.25, -0.2) is 0 Å². The van der Waals surface area contributed by atoms with Crippen molar-refractivity contribution in [1.82, 2.24) is 5.32 Å². The molecule has 0 aliphatic heterocycles. The SMILES string of the molecule is CC(CNC(=O)c1cccs1)C(C)(C)C. The number of carbonyl (C=O) groups excluding carboxylic acids is 1. The van der Waals surface area contributed by atoms with Gasteiger partial charge in [0.25, 0.3) is 5.91 Å². The van der Waals surface area contributed by atoms with Crippen LogP contribution in [0.2, 0.25) is 0 Å². The molecule has 0 bridgehead atoms. The molecule has 1 atom stereocenters. The van der Waals surface area contributed by atoms with Gasteiger partial charge in [0.15, 0.2) is 0 Å². The van der Waals surface area contributed by atoms with E-state index in [1.165, 1.54) is 11.3 Å². The third-order valence-electron chi connectivity index (χ3n) is 2.79. The fourth-order valence-corrected chi connectivity index (χ4v) is 1.69. The van der Waals surface area contributed by atoms with E-state index in [1.807, 2.05) is 17.5 Å². The van der Waals surface area contributed by atoms with Crippen molar-refractivity contribution in [3.63, 3.8) is 0 Å². The summed E-state index contributed by atoms with van der Waals surface area (Å²) in [5.41, 5.74) is 0.239. The topological polar surface area (TPSA) is 29.1 Å². The molecule has 0 radical (unpaired) electrons. The Hall–Kier alpha value is -0.830. The van der Waals surface area contributed by atoms with Crippen LogP contribution in [-0.2, 0) is 0 Å². The number of rotatable bonds is 3. The Bertz CT molecular complexity index is 311. The standard InChI is InChI=1S/C12H19NOS/c1-9(12(2,3)4)8-13-11(14)10-6-5-7-15-10/h5-7,9H,8H2,1-4H3,(H,13,14). The van der Waals surface area contributed by atoms with Gasteiger partial charge in [0.1, 0.15) is 0 Å². The Morgan fingerprint density at radius 3 is 2.67 bits per heavy atom. The van der Waals surface area contributed by atoms with E-state index in [9.17, 15) is 4.79 Å². The van der Waals surface area contributed by atoms with Crippen LogP contribution < -0.4 is 5.32 Å². The zero-order chi connectivity index (χ0) is 11.5. The first kappa shape index (κ1) is 12.2. The van der Waals surface area contributed by atoms with E-state index in [2.05, 4.69) is 33.0 Å². The zero-order valence-electron chi connectivity index (χ0n) is 9.83. The van der Waals surface area contributed by atoms with E-state index < -0.39 is 0 Å². The Morgan fingerprint density at radius 1 is 1.53 bits per heavy atom.